The summed E-state index contributed by atoms with van der Waals surface area (Å²) in [6.07, 6.45) is 2.82. The lowest BCUT2D eigenvalue weighted by molar-refractivity contribution is -0.126. The first-order chi connectivity index (χ1) is 13.1. The molecule has 0 aliphatic carbocycles. The number of rotatable bonds is 9. The lowest BCUT2D eigenvalue weighted by Crippen LogP contribution is -2.40. The van der Waals surface area contributed by atoms with Gasteiger partial charge in [-0.3, -0.25) is 9.69 Å². The van der Waals surface area contributed by atoms with Gasteiger partial charge in [-0.05, 0) is 57.6 Å². The molecule has 0 radical (unpaired) electrons. The molecule has 0 atom stereocenters. The van der Waals surface area contributed by atoms with E-state index >= 15 is 0 Å². The molecule has 1 saturated heterocycles. The van der Waals surface area contributed by atoms with Crippen LogP contribution in [-0.4, -0.2) is 53.3 Å². The van der Waals surface area contributed by atoms with Gasteiger partial charge in [-0.1, -0.05) is 11.2 Å². The number of likely N-dealkylation sites (tertiary alicyclic amines) is 1. The number of nitrogens with one attached hydrogen (secondary N) is 1. The molecule has 0 aromatic carbocycles. The fourth-order valence-corrected chi connectivity index (χ4v) is 3.77. The lowest BCUT2D eigenvalue weighted by atomic mass is 9.96. The van der Waals surface area contributed by atoms with Gasteiger partial charge in [-0.25, -0.2) is 0 Å². The molecular weight excluding hydrogens is 364 g/mol. The first-order valence-electron chi connectivity index (χ1n) is 9.60. The Labute approximate surface area is 164 Å². The second-order valence-corrected chi connectivity index (χ2v) is 8.05. The van der Waals surface area contributed by atoms with E-state index in [4.69, 9.17) is 9.26 Å². The number of carbonyl (C=O) groups excluding carboxylic acids is 1. The second kappa shape index (κ2) is 9.96. The van der Waals surface area contributed by atoms with E-state index in [-0.39, 0.29) is 17.9 Å². The van der Waals surface area contributed by atoms with Crippen LogP contribution in [0.3, 0.4) is 0 Å². The summed E-state index contributed by atoms with van der Waals surface area (Å²) < 4.78 is 10.9. The van der Waals surface area contributed by atoms with E-state index in [2.05, 4.69) is 20.4 Å². The van der Waals surface area contributed by atoms with Gasteiger partial charge in [0.2, 0.25) is 17.6 Å². The fraction of sp³-hybridized carbons (Fsp3) is 0.632. The first kappa shape index (κ1) is 20.0. The predicted molar refractivity (Wildman–Crippen MR) is 104 cm³/mol. The third kappa shape index (κ3) is 6.12. The largest absolute Gasteiger partial charge is 0.379 e. The molecule has 3 heterocycles. The van der Waals surface area contributed by atoms with Gasteiger partial charge in [-0.15, -0.1) is 11.3 Å². The number of amides is 1. The molecule has 7 nitrogen and oxygen atoms in total. The zero-order valence-electron chi connectivity index (χ0n) is 16.0. The van der Waals surface area contributed by atoms with Crippen molar-refractivity contribution in [3.63, 3.8) is 0 Å². The van der Waals surface area contributed by atoms with Gasteiger partial charge in [0.15, 0.2) is 0 Å². The molecule has 3 rings (SSSR count). The Hall–Kier alpha value is -1.77. The molecule has 27 heavy (non-hydrogen) atoms. The average molecular weight is 393 g/mol. The zero-order valence-corrected chi connectivity index (χ0v) is 16.8. The summed E-state index contributed by atoms with van der Waals surface area (Å²) in [6, 6.07) is 3.96. The molecule has 1 aliphatic rings. The summed E-state index contributed by atoms with van der Waals surface area (Å²) in [5.41, 5.74) is 0. The van der Waals surface area contributed by atoms with Crippen molar-refractivity contribution in [2.24, 2.45) is 5.92 Å². The smallest absolute Gasteiger partial charge is 0.241 e. The number of piperidine rings is 1. The van der Waals surface area contributed by atoms with Crippen molar-refractivity contribution >= 4 is 17.2 Å². The maximum atomic E-state index is 12.3. The third-order valence-electron chi connectivity index (χ3n) is 4.60. The van der Waals surface area contributed by atoms with Crippen molar-refractivity contribution in [1.29, 1.82) is 0 Å². The van der Waals surface area contributed by atoms with Crippen molar-refractivity contribution in [3.8, 4) is 10.7 Å². The molecule has 148 valence electrons. The Morgan fingerprint density at radius 1 is 1.44 bits per heavy atom. The maximum Gasteiger partial charge on any atom is 0.241 e. The molecule has 1 fully saturated rings. The predicted octanol–water partition coefficient (Wildman–Crippen LogP) is 2.94. The normalized spacial score (nSPS) is 16.1. The Kier molecular flexibility index (Phi) is 7.37. The van der Waals surface area contributed by atoms with Crippen LogP contribution in [0.2, 0.25) is 0 Å². The van der Waals surface area contributed by atoms with E-state index in [1.807, 2.05) is 31.4 Å². The highest BCUT2D eigenvalue weighted by Crippen LogP contribution is 2.23. The molecule has 1 N–H and O–H groups in total. The third-order valence-corrected chi connectivity index (χ3v) is 5.46. The van der Waals surface area contributed by atoms with Crippen LogP contribution in [0.4, 0.5) is 0 Å². The lowest BCUT2D eigenvalue weighted by Gasteiger charge is -2.30. The Morgan fingerprint density at radius 2 is 2.26 bits per heavy atom. The SMILES string of the molecule is CC(C)OCCCNC(=O)C1CCN(Cc2nc(-c3cccs3)no2)CC1. The highest BCUT2D eigenvalue weighted by atomic mass is 32.1. The summed E-state index contributed by atoms with van der Waals surface area (Å²) in [7, 11) is 0. The van der Waals surface area contributed by atoms with Crippen LogP contribution in [0.25, 0.3) is 10.7 Å². The van der Waals surface area contributed by atoms with Gasteiger partial charge < -0.3 is 14.6 Å². The zero-order chi connectivity index (χ0) is 19.1. The molecule has 0 spiro atoms. The second-order valence-electron chi connectivity index (χ2n) is 7.10. The van der Waals surface area contributed by atoms with Crippen molar-refractivity contribution in [1.82, 2.24) is 20.4 Å². The van der Waals surface area contributed by atoms with E-state index in [1.165, 1.54) is 0 Å². The molecule has 2 aromatic rings. The summed E-state index contributed by atoms with van der Waals surface area (Å²) in [5.74, 6) is 1.54. The number of hydrogen-bond donors (Lipinski definition) is 1. The first-order valence-corrected chi connectivity index (χ1v) is 10.5. The minimum absolute atomic E-state index is 0.0941. The molecule has 0 bridgehead atoms. The van der Waals surface area contributed by atoms with Crippen LogP contribution in [0, 0.1) is 5.92 Å². The number of aromatic nitrogens is 2. The quantitative estimate of drug-likeness (QED) is 0.661. The van der Waals surface area contributed by atoms with Gasteiger partial charge >= 0.3 is 0 Å². The fourth-order valence-electron chi connectivity index (χ4n) is 3.12. The Morgan fingerprint density at radius 3 is 2.96 bits per heavy atom. The van der Waals surface area contributed by atoms with Crippen LogP contribution in [0.1, 0.15) is 39.0 Å². The van der Waals surface area contributed by atoms with Crippen molar-refractivity contribution in [2.75, 3.05) is 26.2 Å². The van der Waals surface area contributed by atoms with E-state index in [0.717, 1.165) is 37.2 Å². The highest BCUT2D eigenvalue weighted by molar-refractivity contribution is 7.13. The van der Waals surface area contributed by atoms with E-state index in [1.54, 1.807) is 11.3 Å². The minimum Gasteiger partial charge on any atom is -0.379 e. The molecule has 8 heteroatoms. The van der Waals surface area contributed by atoms with Crippen LogP contribution < -0.4 is 5.32 Å². The Bertz CT molecular complexity index is 694. The summed E-state index contributed by atoms with van der Waals surface area (Å²) in [5, 5.41) is 9.08. The summed E-state index contributed by atoms with van der Waals surface area (Å²) >= 11 is 1.60. The minimum atomic E-state index is 0.0941. The highest BCUT2D eigenvalue weighted by Gasteiger charge is 2.25. The van der Waals surface area contributed by atoms with Crippen LogP contribution in [0.15, 0.2) is 22.0 Å². The molecule has 0 unspecified atom stereocenters. The summed E-state index contributed by atoms with van der Waals surface area (Å²) in [6.45, 7) is 7.77. The van der Waals surface area contributed by atoms with E-state index in [9.17, 15) is 4.79 Å². The standard InChI is InChI=1S/C19H28N4O3S/c1-14(2)25-11-4-8-20-19(24)15-6-9-23(10-7-15)13-17-21-18(22-26-17)16-5-3-12-27-16/h3,5,12,14-15H,4,6-11,13H2,1-2H3,(H,20,24). The van der Waals surface area contributed by atoms with Gasteiger partial charge in [0.05, 0.1) is 17.5 Å². The van der Waals surface area contributed by atoms with Crippen LogP contribution in [0.5, 0.6) is 0 Å². The topological polar surface area (TPSA) is 80.5 Å². The molecule has 0 saturated carbocycles. The number of hydrogen-bond acceptors (Lipinski definition) is 7. The van der Waals surface area contributed by atoms with Gasteiger partial charge in [-0.2, -0.15) is 4.98 Å². The van der Waals surface area contributed by atoms with Crippen molar-refractivity contribution in [3.05, 3.63) is 23.4 Å². The molecule has 2 aromatic heterocycles. The average Bonchev–Trinajstić information content (AvgIpc) is 3.33. The number of nitrogens with zero attached hydrogens (tertiary/aromatic N) is 3. The number of thiophene rings is 1. The monoisotopic (exact) mass is 392 g/mol. The number of carbonyl (C=O) groups is 1. The molecular formula is C19H28N4O3S. The molecule has 1 aliphatic heterocycles. The van der Waals surface area contributed by atoms with E-state index in [0.29, 0.717) is 31.4 Å². The van der Waals surface area contributed by atoms with Gasteiger partial charge in [0.25, 0.3) is 0 Å². The maximum absolute atomic E-state index is 12.3. The van der Waals surface area contributed by atoms with Crippen molar-refractivity contribution in [2.45, 2.75) is 45.8 Å². The van der Waals surface area contributed by atoms with Crippen molar-refractivity contribution < 1.29 is 14.1 Å². The van der Waals surface area contributed by atoms with Gasteiger partial charge in [0.1, 0.15) is 0 Å². The number of ether oxygens (including phenoxy) is 1. The Balaban J connectivity index is 1.36. The van der Waals surface area contributed by atoms with Crippen LogP contribution >= 0.6 is 11.3 Å². The van der Waals surface area contributed by atoms with Crippen LogP contribution in [-0.2, 0) is 16.1 Å². The van der Waals surface area contributed by atoms with E-state index < -0.39 is 0 Å². The molecule has 1 amide bonds. The van der Waals surface area contributed by atoms with Gasteiger partial charge in [0, 0.05) is 19.1 Å². The summed E-state index contributed by atoms with van der Waals surface area (Å²) in [4.78, 5) is 20.0.